The highest BCUT2D eigenvalue weighted by Crippen LogP contribution is 2.22. The van der Waals surface area contributed by atoms with Gasteiger partial charge in [0.15, 0.2) is 0 Å². The third-order valence-electron chi connectivity index (χ3n) is 2.67. The van der Waals surface area contributed by atoms with Gasteiger partial charge >= 0.3 is 11.9 Å². The summed E-state index contributed by atoms with van der Waals surface area (Å²) in [5, 5.41) is 13.7. The molecular weight excluding hydrogens is 260 g/mol. The molecule has 0 heterocycles. The molecule has 0 aliphatic heterocycles. The van der Waals surface area contributed by atoms with E-state index in [4.69, 9.17) is 5.11 Å². The second kappa shape index (κ2) is 6.53. The number of carboxylic acids is 1. The summed E-state index contributed by atoms with van der Waals surface area (Å²) in [6, 6.07) is 13.9. The number of carbonyl (C=O) groups excluding carboxylic acids is 1. The second-order valence-corrected chi connectivity index (χ2v) is 4.04. The van der Waals surface area contributed by atoms with Crippen molar-refractivity contribution in [2.75, 3.05) is 18.4 Å². The normalized spacial score (nSPS) is 10.2. The Hall–Kier alpha value is -2.60. The average Bonchev–Trinajstić information content (AvgIpc) is 2.46. The molecule has 2 aromatic rings. The van der Waals surface area contributed by atoms with Crippen molar-refractivity contribution in [1.29, 1.82) is 0 Å². The van der Waals surface area contributed by atoms with Crippen molar-refractivity contribution in [1.82, 2.24) is 5.48 Å². The Morgan fingerprint density at radius 2 is 1.80 bits per heavy atom. The molecule has 3 N–H and O–H groups in total. The molecule has 104 valence electrons. The van der Waals surface area contributed by atoms with Crippen LogP contribution >= 0.6 is 0 Å². The predicted octanol–water partition coefficient (Wildman–Crippen LogP) is 1.38. The standard InChI is InChI=1S/C14H14N2O4/c17-13(18)14(19)20-16-9-8-15-12-7-3-5-10-4-1-2-6-11(10)12/h1-7,15-16H,8-9H2,(H,17,18). The third-order valence-corrected chi connectivity index (χ3v) is 2.67. The summed E-state index contributed by atoms with van der Waals surface area (Å²) >= 11 is 0. The van der Waals surface area contributed by atoms with Crippen molar-refractivity contribution in [3.63, 3.8) is 0 Å². The van der Waals surface area contributed by atoms with Gasteiger partial charge in [-0.2, -0.15) is 5.48 Å². The van der Waals surface area contributed by atoms with E-state index in [2.05, 4.69) is 15.6 Å². The molecule has 6 heteroatoms. The molecule has 0 aliphatic rings. The van der Waals surface area contributed by atoms with Crippen molar-refractivity contribution in [2.24, 2.45) is 0 Å². The molecule has 0 aliphatic carbocycles. The summed E-state index contributed by atoms with van der Waals surface area (Å²) in [6.45, 7) is 0.781. The Labute approximate surface area is 115 Å². The number of rotatable bonds is 5. The molecule has 0 amide bonds. The van der Waals surface area contributed by atoms with E-state index in [0.29, 0.717) is 13.1 Å². The molecule has 0 fully saturated rings. The quantitative estimate of drug-likeness (QED) is 0.434. The van der Waals surface area contributed by atoms with Crippen molar-refractivity contribution in [3.8, 4) is 0 Å². The van der Waals surface area contributed by atoms with Crippen molar-refractivity contribution in [3.05, 3.63) is 42.5 Å². The van der Waals surface area contributed by atoms with Crippen LogP contribution in [0.5, 0.6) is 0 Å². The Balaban J connectivity index is 1.84. The minimum Gasteiger partial charge on any atom is -0.473 e. The van der Waals surface area contributed by atoms with Crippen LogP contribution in [0, 0.1) is 0 Å². The maximum Gasteiger partial charge on any atom is 0.435 e. The fraction of sp³-hybridized carbons (Fsp3) is 0.143. The Morgan fingerprint density at radius 1 is 1.05 bits per heavy atom. The van der Waals surface area contributed by atoms with Gasteiger partial charge < -0.3 is 15.3 Å². The zero-order valence-electron chi connectivity index (χ0n) is 10.6. The van der Waals surface area contributed by atoms with Gasteiger partial charge in [0, 0.05) is 24.2 Å². The lowest BCUT2D eigenvalue weighted by atomic mass is 10.1. The van der Waals surface area contributed by atoms with Gasteiger partial charge in [0.05, 0.1) is 0 Å². The van der Waals surface area contributed by atoms with E-state index in [1.807, 2.05) is 42.5 Å². The first kappa shape index (κ1) is 13.8. The zero-order chi connectivity index (χ0) is 14.4. The number of nitrogens with one attached hydrogen (secondary N) is 2. The minimum atomic E-state index is -1.63. The number of anilines is 1. The van der Waals surface area contributed by atoms with Gasteiger partial charge in [-0.15, -0.1) is 0 Å². The van der Waals surface area contributed by atoms with E-state index in [1.54, 1.807) is 0 Å². The molecule has 0 atom stereocenters. The lowest BCUT2D eigenvalue weighted by Gasteiger charge is -2.10. The first-order valence-corrected chi connectivity index (χ1v) is 6.07. The summed E-state index contributed by atoms with van der Waals surface area (Å²) in [7, 11) is 0. The number of fused-ring (bicyclic) bond motifs is 1. The molecule has 2 rings (SSSR count). The fourth-order valence-electron chi connectivity index (χ4n) is 1.79. The van der Waals surface area contributed by atoms with Crippen LogP contribution in [0.25, 0.3) is 10.8 Å². The molecular formula is C14H14N2O4. The third kappa shape index (κ3) is 3.46. The summed E-state index contributed by atoms with van der Waals surface area (Å²) in [5.41, 5.74) is 3.26. The van der Waals surface area contributed by atoms with Crippen LogP contribution in [0.4, 0.5) is 5.69 Å². The number of carbonyl (C=O) groups is 2. The molecule has 0 unspecified atom stereocenters. The van der Waals surface area contributed by atoms with Crippen LogP contribution in [0.3, 0.4) is 0 Å². The largest absolute Gasteiger partial charge is 0.473 e. The summed E-state index contributed by atoms with van der Waals surface area (Å²) < 4.78 is 0. The summed E-state index contributed by atoms with van der Waals surface area (Å²) in [5.74, 6) is -2.95. The van der Waals surface area contributed by atoms with Crippen molar-refractivity contribution >= 4 is 28.4 Å². The number of aliphatic carboxylic acids is 1. The van der Waals surface area contributed by atoms with Gasteiger partial charge in [-0.3, -0.25) is 0 Å². The van der Waals surface area contributed by atoms with Gasteiger partial charge in [-0.25, -0.2) is 9.59 Å². The van der Waals surface area contributed by atoms with E-state index < -0.39 is 11.9 Å². The molecule has 0 saturated heterocycles. The maximum atomic E-state index is 10.6. The summed E-state index contributed by atoms with van der Waals surface area (Å²) in [4.78, 5) is 25.1. The number of hydroxylamine groups is 1. The highest BCUT2D eigenvalue weighted by Gasteiger charge is 2.12. The zero-order valence-corrected chi connectivity index (χ0v) is 10.6. The minimum absolute atomic E-state index is 0.294. The fourth-order valence-corrected chi connectivity index (χ4v) is 1.79. The van der Waals surface area contributed by atoms with Crippen LogP contribution in [0.1, 0.15) is 0 Å². The molecule has 0 spiro atoms. The van der Waals surface area contributed by atoms with Crippen molar-refractivity contribution < 1.29 is 19.5 Å². The second-order valence-electron chi connectivity index (χ2n) is 4.04. The van der Waals surface area contributed by atoms with Gasteiger partial charge in [0.25, 0.3) is 0 Å². The smallest absolute Gasteiger partial charge is 0.435 e. The van der Waals surface area contributed by atoms with Crippen LogP contribution < -0.4 is 10.8 Å². The van der Waals surface area contributed by atoms with E-state index in [1.165, 1.54) is 0 Å². The highest BCUT2D eigenvalue weighted by atomic mass is 16.7. The number of benzene rings is 2. The molecule has 2 aromatic carbocycles. The number of hydrogen-bond donors (Lipinski definition) is 3. The maximum absolute atomic E-state index is 10.6. The number of hydrogen-bond acceptors (Lipinski definition) is 5. The van der Waals surface area contributed by atoms with E-state index >= 15 is 0 Å². The van der Waals surface area contributed by atoms with Crippen LogP contribution in [0.2, 0.25) is 0 Å². The monoisotopic (exact) mass is 274 g/mol. The summed E-state index contributed by atoms with van der Waals surface area (Å²) in [6.07, 6.45) is 0. The first-order valence-electron chi connectivity index (χ1n) is 6.07. The number of carboxylic acid groups (broad SMARTS) is 1. The van der Waals surface area contributed by atoms with Gasteiger partial charge in [0.2, 0.25) is 0 Å². The predicted molar refractivity (Wildman–Crippen MR) is 74.2 cm³/mol. The average molecular weight is 274 g/mol. The molecule has 20 heavy (non-hydrogen) atoms. The van der Waals surface area contributed by atoms with Gasteiger partial charge in [0.1, 0.15) is 0 Å². The molecule has 6 nitrogen and oxygen atoms in total. The van der Waals surface area contributed by atoms with Crippen molar-refractivity contribution in [2.45, 2.75) is 0 Å². The van der Waals surface area contributed by atoms with Crippen LogP contribution in [-0.4, -0.2) is 30.1 Å². The lowest BCUT2D eigenvalue weighted by molar-refractivity contribution is -0.168. The molecule has 0 radical (unpaired) electrons. The highest BCUT2D eigenvalue weighted by molar-refractivity contribution is 6.28. The van der Waals surface area contributed by atoms with Gasteiger partial charge in [-0.1, -0.05) is 36.4 Å². The SMILES string of the molecule is O=C(O)C(=O)ONCCNc1cccc2ccccc12. The first-order chi connectivity index (χ1) is 9.68. The van der Waals surface area contributed by atoms with E-state index in [-0.39, 0.29) is 0 Å². The molecule has 0 aromatic heterocycles. The van der Waals surface area contributed by atoms with E-state index in [0.717, 1.165) is 16.5 Å². The van der Waals surface area contributed by atoms with Crippen LogP contribution in [-0.2, 0) is 14.4 Å². The lowest BCUT2D eigenvalue weighted by Crippen LogP contribution is -2.29. The Morgan fingerprint density at radius 3 is 2.60 bits per heavy atom. The molecule has 0 bridgehead atoms. The Bertz CT molecular complexity index is 622. The molecule has 0 saturated carbocycles. The van der Waals surface area contributed by atoms with Crippen LogP contribution in [0.15, 0.2) is 42.5 Å². The topological polar surface area (TPSA) is 87.7 Å². The van der Waals surface area contributed by atoms with E-state index in [9.17, 15) is 9.59 Å². The van der Waals surface area contributed by atoms with Gasteiger partial charge in [-0.05, 0) is 11.5 Å². The Kier molecular flexibility index (Phi) is 4.52.